The molecule has 0 spiro atoms. The fourth-order valence-electron chi connectivity index (χ4n) is 1.77. The summed E-state index contributed by atoms with van der Waals surface area (Å²) in [6, 6.07) is 1.15. The summed E-state index contributed by atoms with van der Waals surface area (Å²) in [6.07, 6.45) is 5.10. The second-order valence-electron chi connectivity index (χ2n) is 5.97. The van der Waals surface area contributed by atoms with Crippen molar-refractivity contribution in [2.75, 3.05) is 6.61 Å². The fourth-order valence-corrected chi connectivity index (χ4v) is 2.78. The lowest BCUT2D eigenvalue weighted by atomic mass is 10.2. The fraction of sp³-hybridized carbons (Fsp3) is 0.429. The van der Waals surface area contributed by atoms with Gasteiger partial charge < -0.3 is 4.74 Å². The third-order valence-corrected chi connectivity index (χ3v) is 5.15. The number of imidazole rings is 1. The molecular formula is C14H20ClN3OSi-. The molecule has 0 aromatic carbocycles. The average Bonchev–Trinajstić information content (AvgIpc) is 2.78. The third-order valence-electron chi connectivity index (χ3n) is 3.04. The van der Waals surface area contributed by atoms with Crippen LogP contribution in [-0.2, 0) is 11.5 Å². The molecule has 2 rings (SSSR count). The van der Waals surface area contributed by atoms with E-state index in [0.717, 1.165) is 23.9 Å². The number of hydrogen-bond acceptors (Lipinski definition) is 3. The molecule has 0 aliphatic heterocycles. The normalized spacial score (nSPS) is 12.0. The Hall–Kier alpha value is -1.17. The molecule has 0 amide bonds. The maximum Gasteiger partial charge on any atom is 0.163 e. The first-order chi connectivity index (χ1) is 9.42. The van der Waals surface area contributed by atoms with Gasteiger partial charge in [0.25, 0.3) is 0 Å². The van der Waals surface area contributed by atoms with Gasteiger partial charge >= 0.3 is 0 Å². The second kappa shape index (κ2) is 6.07. The Morgan fingerprint density at radius 2 is 2.15 bits per heavy atom. The highest BCUT2D eigenvalue weighted by Gasteiger charge is 2.10. The smallest absolute Gasteiger partial charge is 0.163 e. The van der Waals surface area contributed by atoms with Crippen molar-refractivity contribution < 1.29 is 4.74 Å². The van der Waals surface area contributed by atoms with Crippen molar-refractivity contribution >= 4 is 36.9 Å². The molecule has 20 heavy (non-hydrogen) atoms. The zero-order chi connectivity index (χ0) is 14.8. The lowest BCUT2D eigenvalue weighted by molar-refractivity contribution is 0.0895. The lowest BCUT2D eigenvalue weighted by Gasteiger charge is -2.26. The third kappa shape index (κ3) is 3.48. The highest BCUT2D eigenvalue weighted by atomic mass is 35.5. The highest BCUT2D eigenvalue weighted by molar-refractivity contribution is 6.76. The first-order valence-corrected chi connectivity index (χ1v) is 10.7. The van der Waals surface area contributed by atoms with E-state index in [-0.39, 0.29) is 0 Å². The van der Waals surface area contributed by atoms with Crippen LogP contribution in [-0.4, -0.2) is 29.2 Å². The number of nitrogens with zero attached hydrogens (tertiary/aromatic N) is 3. The zero-order valence-electron chi connectivity index (χ0n) is 12.2. The van der Waals surface area contributed by atoms with E-state index in [0.29, 0.717) is 17.3 Å². The minimum Gasteiger partial charge on any atom is -0.364 e. The van der Waals surface area contributed by atoms with Gasteiger partial charge in [0.05, 0.1) is 11.3 Å². The van der Waals surface area contributed by atoms with Crippen LogP contribution in [0.4, 0.5) is 0 Å². The molecule has 109 valence electrons. The van der Waals surface area contributed by atoms with Crippen molar-refractivity contribution in [3.8, 4) is 0 Å². The summed E-state index contributed by atoms with van der Waals surface area (Å²) < 4.78 is 7.59. The van der Waals surface area contributed by atoms with Crippen LogP contribution in [0.15, 0.2) is 19.1 Å². The van der Waals surface area contributed by atoms with Gasteiger partial charge in [-0.15, -0.1) is 14.1 Å². The van der Waals surface area contributed by atoms with E-state index >= 15 is 0 Å². The van der Waals surface area contributed by atoms with Gasteiger partial charge in [-0.1, -0.05) is 24.3 Å². The molecule has 0 atom stereocenters. The zero-order valence-corrected chi connectivity index (χ0v) is 13.9. The quantitative estimate of drug-likeness (QED) is 0.597. The summed E-state index contributed by atoms with van der Waals surface area (Å²) in [7, 11) is -1.05. The van der Waals surface area contributed by atoms with Crippen molar-refractivity contribution in [1.82, 2.24) is 14.5 Å². The molecule has 0 saturated carbocycles. The van der Waals surface area contributed by atoms with Gasteiger partial charge in [-0.3, -0.25) is 4.57 Å². The molecule has 0 radical (unpaired) electrons. The first kappa shape index (κ1) is 15.2. The topological polar surface area (TPSA) is 39.9 Å². The number of aromatic nitrogens is 3. The number of pyridine rings is 1. The maximum atomic E-state index is 6.25. The van der Waals surface area contributed by atoms with Crippen molar-refractivity contribution in [3.05, 3.63) is 29.7 Å². The van der Waals surface area contributed by atoms with Crippen LogP contribution in [0.25, 0.3) is 17.2 Å². The molecule has 0 aliphatic rings. The molecule has 2 aromatic heterocycles. The molecule has 0 fully saturated rings. The Morgan fingerprint density at radius 3 is 2.80 bits per heavy atom. The molecule has 0 saturated heterocycles. The van der Waals surface area contributed by atoms with Crippen LogP contribution < -0.4 is 0 Å². The Kier molecular flexibility index (Phi) is 4.62. The van der Waals surface area contributed by atoms with E-state index in [9.17, 15) is 0 Å². The minimum absolute atomic E-state index is 0.456. The van der Waals surface area contributed by atoms with E-state index in [1.807, 2.05) is 4.57 Å². The predicted molar refractivity (Wildman–Crippen MR) is 86.7 cm³/mol. The van der Waals surface area contributed by atoms with Crippen molar-refractivity contribution in [1.29, 1.82) is 0 Å². The number of hydrogen-bond donors (Lipinski definition) is 0. The minimum atomic E-state index is -1.05. The van der Waals surface area contributed by atoms with Crippen molar-refractivity contribution in [2.45, 2.75) is 32.4 Å². The molecule has 0 aliphatic carbocycles. The lowest BCUT2D eigenvalue weighted by Crippen LogP contribution is -2.22. The number of rotatable bonds is 6. The summed E-state index contributed by atoms with van der Waals surface area (Å²) in [5, 5.41) is 0.589. The van der Waals surface area contributed by atoms with Gasteiger partial charge in [-0.2, -0.15) is 19.6 Å². The van der Waals surface area contributed by atoms with E-state index < -0.39 is 8.07 Å². The van der Waals surface area contributed by atoms with Gasteiger partial charge in [0, 0.05) is 18.4 Å². The number of ether oxygens (including phenoxy) is 1. The van der Waals surface area contributed by atoms with Crippen LogP contribution in [0.5, 0.6) is 0 Å². The molecule has 0 unspecified atom stereocenters. The van der Waals surface area contributed by atoms with Crippen LogP contribution in [0.3, 0.4) is 0 Å². The van der Waals surface area contributed by atoms with Gasteiger partial charge in [-0.25, -0.2) is 9.97 Å². The van der Waals surface area contributed by atoms with E-state index in [2.05, 4.69) is 36.2 Å². The van der Waals surface area contributed by atoms with Gasteiger partial charge in [0.2, 0.25) is 0 Å². The van der Waals surface area contributed by atoms with Crippen molar-refractivity contribution in [3.63, 3.8) is 0 Å². The van der Waals surface area contributed by atoms with E-state index in [4.69, 9.17) is 16.3 Å². The van der Waals surface area contributed by atoms with Gasteiger partial charge in [0.1, 0.15) is 12.2 Å². The molecule has 2 aromatic rings. The molecule has 0 N–H and O–H groups in total. The number of halogens is 1. The second-order valence-corrected chi connectivity index (χ2v) is 12.0. The first-order valence-electron chi connectivity index (χ1n) is 6.62. The molecule has 4 nitrogen and oxygen atoms in total. The summed E-state index contributed by atoms with van der Waals surface area (Å²) >= 11 is 6.25. The van der Waals surface area contributed by atoms with Gasteiger partial charge in [-0.05, 0) is 0 Å². The van der Waals surface area contributed by atoms with E-state index in [1.165, 1.54) is 0 Å². The monoisotopic (exact) mass is 309 g/mol. The summed E-state index contributed by atoms with van der Waals surface area (Å²) in [6.45, 7) is 11.9. The maximum absolute atomic E-state index is 6.25. The molecule has 0 bridgehead atoms. The predicted octanol–water partition coefficient (Wildman–Crippen LogP) is 4.04. The standard InChI is InChI=1S/C14H20ClN3OSi/c1-5-11-8-16-14-13(12(11)15)17-9-18(14)10-19-6-7-20(2,3)4/h5,8-9H,1,6-7,10H2,2-4H3/q-1. The SMILES string of the molecule is C=Cc1cnc2c(ncn2COCC[Si-](C)(C)C)c1Cl. The Bertz CT molecular complexity index is 619. The highest BCUT2D eigenvalue weighted by Crippen LogP contribution is 2.25. The summed E-state index contributed by atoms with van der Waals surface area (Å²) in [4.78, 5) is 8.68. The summed E-state index contributed by atoms with van der Waals surface area (Å²) in [5.74, 6) is 0. The van der Waals surface area contributed by atoms with Crippen LogP contribution in [0, 0.1) is 0 Å². The Labute approximate surface area is 125 Å². The molecular weight excluding hydrogens is 290 g/mol. The molecule has 6 heteroatoms. The van der Waals surface area contributed by atoms with Crippen molar-refractivity contribution in [2.24, 2.45) is 0 Å². The molecule has 2 heterocycles. The van der Waals surface area contributed by atoms with Crippen LogP contribution in [0.2, 0.25) is 30.7 Å². The Morgan fingerprint density at radius 1 is 1.40 bits per heavy atom. The van der Waals surface area contributed by atoms with Crippen LogP contribution >= 0.6 is 11.6 Å². The largest absolute Gasteiger partial charge is 0.364 e. The van der Waals surface area contributed by atoms with Gasteiger partial charge in [0.15, 0.2) is 5.65 Å². The summed E-state index contributed by atoms with van der Waals surface area (Å²) in [5.41, 5.74) is 2.23. The average molecular weight is 310 g/mol. The van der Waals surface area contributed by atoms with E-state index in [1.54, 1.807) is 18.6 Å². The van der Waals surface area contributed by atoms with Crippen LogP contribution in [0.1, 0.15) is 5.56 Å². The number of fused-ring (bicyclic) bond motifs is 1. The Balaban J connectivity index is 2.08.